The molecule has 10 heteroatoms. The van der Waals surface area contributed by atoms with Crippen molar-refractivity contribution in [3.8, 4) is 11.5 Å². The second-order valence-electron chi connectivity index (χ2n) is 5.28. The molecule has 0 saturated carbocycles. The Morgan fingerprint density at radius 2 is 1.88 bits per heavy atom. The first-order chi connectivity index (χ1) is 11.1. The number of ether oxygens (including phenoxy) is 2. The van der Waals surface area contributed by atoms with Gasteiger partial charge in [-0.2, -0.15) is 13.2 Å². The Kier molecular flexibility index (Phi) is 5.61. The van der Waals surface area contributed by atoms with Crippen LogP contribution in [0, 0.1) is 0 Å². The number of aliphatic hydroxyl groups excluding tert-OH is 1. The van der Waals surface area contributed by atoms with Gasteiger partial charge in [0.2, 0.25) is 10.0 Å². The van der Waals surface area contributed by atoms with Gasteiger partial charge < -0.3 is 14.6 Å². The number of nitrogens with one attached hydrogen (secondary N) is 1. The second kappa shape index (κ2) is 7.16. The molecule has 1 aliphatic heterocycles. The summed E-state index contributed by atoms with van der Waals surface area (Å²) in [4.78, 5) is -0.264. The third kappa shape index (κ3) is 4.31. The van der Waals surface area contributed by atoms with E-state index in [0.717, 1.165) is 0 Å². The normalized spacial score (nSPS) is 17.9. The molecular formula is C14H18F3NO5S. The average Bonchev–Trinajstić information content (AvgIpc) is 2.75. The topological polar surface area (TPSA) is 84.9 Å². The third-order valence-corrected chi connectivity index (χ3v) is 4.98. The Morgan fingerprint density at radius 3 is 2.46 bits per heavy atom. The molecule has 2 rings (SSSR count). The van der Waals surface area contributed by atoms with Crippen LogP contribution in [0.25, 0.3) is 0 Å². The van der Waals surface area contributed by atoms with Crippen molar-refractivity contribution in [3.63, 3.8) is 0 Å². The lowest BCUT2D eigenvalue weighted by Crippen LogP contribution is -2.49. The molecule has 0 aliphatic carbocycles. The number of rotatable bonds is 5. The van der Waals surface area contributed by atoms with Crippen molar-refractivity contribution in [1.29, 1.82) is 0 Å². The van der Waals surface area contributed by atoms with Crippen molar-refractivity contribution in [2.24, 2.45) is 0 Å². The number of halogens is 3. The van der Waals surface area contributed by atoms with E-state index >= 15 is 0 Å². The van der Waals surface area contributed by atoms with Gasteiger partial charge >= 0.3 is 6.18 Å². The summed E-state index contributed by atoms with van der Waals surface area (Å²) in [5.74, 6) is 0.577. The number of sulfonamides is 1. The number of alkyl halides is 3. The lowest BCUT2D eigenvalue weighted by atomic mass is 10.1. The van der Waals surface area contributed by atoms with Gasteiger partial charge in [-0.15, -0.1) is 0 Å². The molecule has 0 bridgehead atoms. The van der Waals surface area contributed by atoms with Crippen LogP contribution in [-0.4, -0.2) is 45.1 Å². The van der Waals surface area contributed by atoms with Crippen LogP contribution in [0.15, 0.2) is 23.1 Å². The van der Waals surface area contributed by atoms with Crippen molar-refractivity contribution in [1.82, 2.24) is 4.72 Å². The molecule has 1 aromatic carbocycles. The minimum absolute atomic E-state index is 0.208. The van der Waals surface area contributed by atoms with Crippen molar-refractivity contribution in [2.75, 3.05) is 13.2 Å². The minimum Gasteiger partial charge on any atom is -0.490 e. The number of hydrogen-bond donors (Lipinski definition) is 2. The van der Waals surface area contributed by atoms with Gasteiger partial charge in [0.1, 0.15) is 0 Å². The summed E-state index contributed by atoms with van der Waals surface area (Å²) in [5, 5.41) is 9.29. The summed E-state index contributed by atoms with van der Waals surface area (Å²) < 4.78 is 75.1. The molecule has 6 nitrogen and oxygen atoms in total. The Labute approximate surface area is 137 Å². The molecule has 1 aromatic rings. The van der Waals surface area contributed by atoms with E-state index in [-0.39, 0.29) is 17.1 Å². The van der Waals surface area contributed by atoms with Gasteiger partial charge in [0, 0.05) is 12.5 Å². The highest BCUT2D eigenvalue weighted by Crippen LogP contribution is 2.32. The third-order valence-electron chi connectivity index (χ3n) is 3.49. The smallest absolute Gasteiger partial charge is 0.415 e. The fourth-order valence-corrected chi connectivity index (χ4v) is 3.52. The van der Waals surface area contributed by atoms with Crippen LogP contribution in [0.3, 0.4) is 0 Å². The molecule has 136 valence electrons. The van der Waals surface area contributed by atoms with Crippen molar-refractivity contribution >= 4 is 10.0 Å². The first-order valence-corrected chi connectivity index (χ1v) is 8.80. The van der Waals surface area contributed by atoms with Crippen molar-refractivity contribution < 1.29 is 36.2 Å². The Balaban J connectivity index is 2.25. The van der Waals surface area contributed by atoms with E-state index < -0.39 is 28.3 Å². The molecule has 0 radical (unpaired) electrons. The van der Waals surface area contributed by atoms with Crippen LogP contribution in [0.4, 0.5) is 13.2 Å². The van der Waals surface area contributed by atoms with Crippen molar-refractivity contribution in [3.05, 3.63) is 18.2 Å². The van der Waals surface area contributed by atoms with E-state index in [4.69, 9.17) is 9.47 Å². The first kappa shape index (κ1) is 18.8. The van der Waals surface area contributed by atoms with E-state index in [2.05, 4.69) is 0 Å². The lowest BCUT2D eigenvalue weighted by Gasteiger charge is -2.24. The van der Waals surface area contributed by atoms with E-state index in [9.17, 15) is 26.7 Å². The van der Waals surface area contributed by atoms with Crippen LogP contribution in [0.5, 0.6) is 11.5 Å². The summed E-state index contributed by atoms with van der Waals surface area (Å²) in [6, 6.07) is 2.10. The Bertz CT molecular complexity index is 677. The summed E-state index contributed by atoms with van der Waals surface area (Å²) >= 11 is 0. The number of aliphatic hydroxyl groups is 1. The monoisotopic (exact) mass is 369 g/mol. The molecule has 2 N–H and O–H groups in total. The molecule has 0 aromatic heterocycles. The van der Waals surface area contributed by atoms with E-state index in [0.29, 0.717) is 25.4 Å². The lowest BCUT2D eigenvalue weighted by molar-refractivity contribution is -0.210. The molecule has 2 atom stereocenters. The Morgan fingerprint density at radius 1 is 1.25 bits per heavy atom. The molecule has 0 spiro atoms. The van der Waals surface area contributed by atoms with Crippen LogP contribution in [-0.2, 0) is 10.0 Å². The predicted octanol–water partition coefficient (Wildman–Crippen LogP) is 1.83. The Hall–Kier alpha value is -1.52. The molecule has 0 saturated heterocycles. The minimum atomic E-state index is -4.92. The maximum atomic E-state index is 12.6. The second-order valence-corrected chi connectivity index (χ2v) is 7.00. The van der Waals surface area contributed by atoms with Gasteiger partial charge in [-0.05, 0) is 18.6 Å². The number of benzene rings is 1. The highest BCUT2D eigenvalue weighted by Gasteiger charge is 2.44. The molecule has 1 heterocycles. The summed E-state index contributed by atoms with van der Waals surface area (Å²) in [6.07, 6.45) is -7.32. The molecule has 0 fully saturated rings. The summed E-state index contributed by atoms with van der Waals surface area (Å²) in [6.45, 7) is 2.11. The van der Waals surface area contributed by atoms with Crippen molar-refractivity contribution in [2.45, 2.75) is 43.0 Å². The van der Waals surface area contributed by atoms with Crippen LogP contribution < -0.4 is 14.2 Å². The van der Waals surface area contributed by atoms with Crippen LogP contribution >= 0.6 is 0 Å². The molecule has 0 amide bonds. The van der Waals surface area contributed by atoms with Gasteiger partial charge in [-0.1, -0.05) is 6.92 Å². The van der Waals surface area contributed by atoms with E-state index in [1.807, 2.05) is 4.72 Å². The van der Waals surface area contributed by atoms with Gasteiger partial charge in [-0.25, -0.2) is 13.1 Å². The zero-order valence-electron chi connectivity index (χ0n) is 12.8. The van der Waals surface area contributed by atoms with Crippen LogP contribution in [0.1, 0.15) is 19.8 Å². The quantitative estimate of drug-likeness (QED) is 0.827. The van der Waals surface area contributed by atoms with E-state index in [1.165, 1.54) is 25.1 Å². The standard InChI is InChI=1S/C14H18F3NO5S/c1-2-10(13(19)14(15,16)17)18-24(20,21)9-4-5-11-12(8-9)23-7-3-6-22-11/h4-5,8,10,13,18-19H,2-3,6-7H2,1H3. The molecule has 2 unspecified atom stereocenters. The number of hydrogen-bond acceptors (Lipinski definition) is 5. The predicted molar refractivity (Wildman–Crippen MR) is 78.5 cm³/mol. The maximum Gasteiger partial charge on any atom is 0.415 e. The first-order valence-electron chi connectivity index (χ1n) is 7.32. The largest absolute Gasteiger partial charge is 0.490 e. The molecule has 1 aliphatic rings. The zero-order valence-corrected chi connectivity index (χ0v) is 13.7. The maximum absolute atomic E-state index is 12.6. The summed E-state index contributed by atoms with van der Waals surface area (Å²) in [7, 11) is -4.27. The fraction of sp³-hybridized carbons (Fsp3) is 0.571. The fourth-order valence-electron chi connectivity index (χ4n) is 2.18. The zero-order chi connectivity index (χ0) is 18.0. The molecule has 24 heavy (non-hydrogen) atoms. The SMILES string of the molecule is CCC(NS(=O)(=O)c1ccc2c(c1)OCCCO2)C(O)C(F)(F)F. The molecular weight excluding hydrogens is 351 g/mol. The highest BCUT2D eigenvalue weighted by atomic mass is 32.2. The number of fused-ring (bicyclic) bond motifs is 1. The van der Waals surface area contributed by atoms with Gasteiger partial charge in [0.25, 0.3) is 0 Å². The average molecular weight is 369 g/mol. The van der Waals surface area contributed by atoms with Gasteiger partial charge in [0.05, 0.1) is 24.2 Å². The van der Waals surface area contributed by atoms with E-state index in [1.54, 1.807) is 0 Å². The van der Waals surface area contributed by atoms with Gasteiger partial charge in [-0.3, -0.25) is 0 Å². The van der Waals surface area contributed by atoms with Gasteiger partial charge in [0.15, 0.2) is 17.6 Å². The summed E-state index contributed by atoms with van der Waals surface area (Å²) in [5.41, 5.74) is 0. The van der Waals surface area contributed by atoms with Crippen LogP contribution in [0.2, 0.25) is 0 Å². The highest BCUT2D eigenvalue weighted by molar-refractivity contribution is 7.89.